The number of sulfonamides is 1. The Balaban J connectivity index is 2.31. The van der Waals surface area contributed by atoms with E-state index in [0.717, 1.165) is 22.9 Å². The maximum Gasteiger partial charge on any atom is 0.208 e. The van der Waals surface area contributed by atoms with Gasteiger partial charge in [0.2, 0.25) is 10.0 Å². The van der Waals surface area contributed by atoms with Gasteiger partial charge in [0, 0.05) is 12.5 Å². The summed E-state index contributed by atoms with van der Waals surface area (Å²) in [5.74, 6) is -0.636. The molecular weight excluding hydrogens is 358 g/mol. The molecule has 25 heavy (non-hydrogen) atoms. The van der Waals surface area contributed by atoms with Crippen molar-refractivity contribution < 1.29 is 16.8 Å². The molecule has 5 nitrogen and oxygen atoms in total. The van der Waals surface area contributed by atoms with Crippen molar-refractivity contribution in [1.82, 2.24) is 4.72 Å². The Kier molecular flexibility index (Phi) is 6.03. The van der Waals surface area contributed by atoms with Crippen LogP contribution in [0.5, 0.6) is 0 Å². The van der Waals surface area contributed by atoms with E-state index in [9.17, 15) is 16.8 Å². The van der Waals surface area contributed by atoms with Gasteiger partial charge < -0.3 is 0 Å². The van der Waals surface area contributed by atoms with Gasteiger partial charge >= 0.3 is 0 Å². The van der Waals surface area contributed by atoms with Crippen LogP contribution >= 0.6 is 0 Å². The van der Waals surface area contributed by atoms with Crippen LogP contribution < -0.4 is 4.72 Å². The van der Waals surface area contributed by atoms with Crippen LogP contribution in [0.25, 0.3) is 0 Å². The van der Waals surface area contributed by atoms with Gasteiger partial charge in [0.15, 0.2) is 9.84 Å². The van der Waals surface area contributed by atoms with Crippen LogP contribution in [0.1, 0.15) is 22.6 Å². The Morgan fingerprint density at radius 2 is 1.32 bits per heavy atom. The number of hydrogen-bond acceptors (Lipinski definition) is 4. The van der Waals surface area contributed by atoms with Crippen LogP contribution in [-0.2, 0) is 19.9 Å². The molecule has 2 aromatic rings. The van der Waals surface area contributed by atoms with Gasteiger partial charge in [-0.05, 0) is 31.5 Å². The third kappa shape index (κ3) is 5.95. The minimum absolute atomic E-state index is 0.0347. The Morgan fingerprint density at radius 3 is 1.80 bits per heavy atom. The Labute approximate surface area is 150 Å². The standard InChI is InChI=1S/C18H23NO4S2/c1-14-4-8-16(9-5-14)17(12-19-24(3,20)21)13-25(22,23)18-10-6-15(2)7-11-18/h4-11,17,19H,12-13H2,1-3H3. The highest BCUT2D eigenvalue weighted by Gasteiger charge is 2.23. The molecule has 1 unspecified atom stereocenters. The minimum Gasteiger partial charge on any atom is -0.224 e. The lowest BCUT2D eigenvalue weighted by Crippen LogP contribution is -2.30. The van der Waals surface area contributed by atoms with E-state index in [1.807, 2.05) is 38.1 Å². The number of rotatable bonds is 7. The average molecular weight is 382 g/mol. The highest BCUT2D eigenvalue weighted by atomic mass is 32.2. The number of sulfone groups is 1. The predicted octanol–water partition coefficient (Wildman–Crippen LogP) is 2.41. The van der Waals surface area contributed by atoms with E-state index in [4.69, 9.17) is 0 Å². The highest BCUT2D eigenvalue weighted by Crippen LogP contribution is 2.22. The quantitative estimate of drug-likeness (QED) is 0.799. The molecule has 0 saturated carbocycles. The highest BCUT2D eigenvalue weighted by molar-refractivity contribution is 7.91. The van der Waals surface area contributed by atoms with Crippen molar-refractivity contribution in [2.24, 2.45) is 0 Å². The summed E-state index contributed by atoms with van der Waals surface area (Å²) in [6.07, 6.45) is 1.06. The zero-order valence-electron chi connectivity index (χ0n) is 14.6. The van der Waals surface area contributed by atoms with Crippen LogP contribution in [-0.4, -0.2) is 35.4 Å². The van der Waals surface area contributed by atoms with E-state index in [1.54, 1.807) is 24.3 Å². The molecule has 1 atom stereocenters. The first-order valence-electron chi connectivity index (χ1n) is 7.87. The molecule has 0 bridgehead atoms. The maximum absolute atomic E-state index is 12.7. The van der Waals surface area contributed by atoms with Crippen molar-refractivity contribution in [2.45, 2.75) is 24.7 Å². The summed E-state index contributed by atoms with van der Waals surface area (Å²) < 4.78 is 50.8. The normalized spacial score (nSPS) is 13.6. The molecule has 0 fully saturated rings. The third-order valence-corrected chi connectivity index (χ3v) is 6.46. The van der Waals surface area contributed by atoms with Crippen LogP contribution in [0, 0.1) is 13.8 Å². The van der Waals surface area contributed by atoms with Crippen LogP contribution in [0.3, 0.4) is 0 Å². The summed E-state index contributed by atoms with van der Waals surface area (Å²) in [5.41, 5.74) is 2.82. The summed E-state index contributed by atoms with van der Waals surface area (Å²) in [7, 11) is -6.94. The van der Waals surface area contributed by atoms with E-state index in [-0.39, 0.29) is 17.2 Å². The van der Waals surface area contributed by atoms with Gasteiger partial charge in [-0.3, -0.25) is 0 Å². The smallest absolute Gasteiger partial charge is 0.208 e. The fraction of sp³-hybridized carbons (Fsp3) is 0.333. The van der Waals surface area contributed by atoms with Crippen molar-refractivity contribution in [3.8, 4) is 0 Å². The Hall–Kier alpha value is -1.70. The summed E-state index contributed by atoms with van der Waals surface area (Å²) in [6.45, 7) is 3.87. The lowest BCUT2D eigenvalue weighted by atomic mass is 10.0. The van der Waals surface area contributed by atoms with Crippen LogP contribution in [0.2, 0.25) is 0 Å². The molecule has 1 N–H and O–H groups in total. The molecule has 0 aliphatic heterocycles. The largest absolute Gasteiger partial charge is 0.224 e. The molecule has 0 aliphatic rings. The predicted molar refractivity (Wildman–Crippen MR) is 100.0 cm³/mol. The summed E-state index contributed by atoms with van der Waals surface area (Å²) in [6, 6.07) is 14.1. The van der Waals surface area contributed by atoms with E-state index in [0.29, 0.717) is 0 Å². The van der Waals surface area contributed by atoms with E-state index < -0.39 is 25.8 Å². The molecule has 0 saturated heterocycles. The molecule has 0 heterocycles. The molecule has 0 amide bonds. The van der Waals surface area contributed by atoms with E-state index in [1.165, 1.54) is 0 Å². The van der Waals surface area contributed by atoms with Gasteiger partial charge in [0.25, 0.3) is 0 Å². The topological polar surface area (TPSA) is 80.3 Å². The maximum atomic E-state index is 12.7. The monoisotopic (exact) mass is 381 g/mol. The molecular formula is C18H23NO4S2. The summed E-state index contributed by atoms with van der Waals surface area (Å²) >= 11 is 0. The molecule has 2 aromatic carbocycles. The van der Waals surface area contributed by atoms with Crippen LogP contribution in [0.15, 0.2) is 53.4 Å². The van der Waals surface area contributed by atoms with Gasteiger partial charge in [-0.25, -0.2) is 21.6 Å². The molecule has 0 radical (unpaired) electrons. The second-order valence-corrected chi connectivity index (χ2v) is 10.2. The van der Waals surface area contributed by atoms with Gasteiger partial charge in [-0.2, -0.15) is 0 Å². The fourth-order valence-corrected chi connectivity index (χ4v) is 4.56. The first kappa shape index (κ1) is 19.6. The molecule has 0 aromatic heterocycles. The zero-order valence-corrected chi connectivity index (χ0v) is 16.2. The molecule has 136 valence electrons. The van der Waals surface area contributed by atoms with E-state index >= 15 is 0 Å². The van der Waals surface area contributed by atoms with Crippen molar-refractivity contribution in [3.05, 3.63) is 65.2 Å². The molecule has 7 heteroatoms. The van der Waals surface area contributed by atoms with Gasteiger partial charge in [-0.1, -0.05) is 47.5 Å². The number of aryl methyl sites for hydroxylation is 2. The Morgan fingerprint density at radius 1 is 0.840 bits per heavy atom. The van der Waals surface area contributed by atoms with E-state index in [2.05, 4.69) is 4.72 Å². The second kappa shape index (κ2) is 7.68. The number of benzene rings is 2. The van der Waals surface area contributed by atoms with Gasteiger partial charge in [0.05, 0.1) is 16.9 Å². The third-order valence-electron chi connectivity index (χ3n) is 3.94. The Bertz CT molecular complexity index is 916. The summed E-state index contributed by atoms with van der Waals surface area (Å²) in [5, 5.41) is 0. The lowest BCUT2D eigenvalue weighted by molar-refractivity contribution is 0.570. The SMILES string of the molecule is Cc1ccc(C(CNS(C)(=O)=O)CS(=O)(=O)c2ccc(C)cc2)cc1. The second-order valence-electron chi connectivity index (χ2n) is 6.32. The minimum atomic E-state index is -3.54. The zero-order chi connectivity index (χ0) is 18.7. The molecule has 0 spiro atoms. The van der Waals surface area contributed by atoms with Crippen molar-refractivity contribution in [1.29, 1.82) is 0 Å². The molecule has 0 aliphatic carbocycles. The fourth-order valence-electron chi connectivity index (χ4n) is 2.47. The summed E-state index contributed by atoms with van der Waals surface area (Å²) in [4.78, 5) is 0.245. The van der Waals surface area contributed by atoms with Crippen molar-refractivity contribution in [3.63, 3.8) is 0 Å². The van der Waals surface area contributed by atoms with Gasteiger partial charge in [-0.15, -0.1) is 0 Å². The lowest BCUT2D eigenvalue weighted by Gasteiger charge is -2.18. The van der Waals surface area contributed by atoms with Crippen molar-refractivity contribution >= 4 is 19.9 Å². The van der Waals surface area contributed by atoms with Crippen LogP contribution in [0.4, 0.5) is 0 Å². The first-order valence-corrected chi connectivity index (χ1v) is 11.4. The van der Waals surface area contributed by atoms with Gasteiger partial charge in [0.1, 0.15) is 0 Å². The molecule has 2 rings (SSSR count). The van der Waals surface area contributed by atoms with Crippen molar-refractivity contribution in [2.75, 3.05) is 18.6 Å². The first-order chi connectivity index (χ1) is 11.6. The number of hydrogen-bond donors (Lipinski definition) is 1. The average Bonchev–Trinajstić information content (AvgIpc) is 2.52. The number of nitrogens with one attached hydrogen (secondary N) is 1.